The highest BCUT2D eigenvalue weighted by Gasteiger charge is 2.09. The van der Waals surface area contributed by atoms with Gasteiger partial charge in [0.15, 0.2) is 0 Å². The largest absolute Gasteiger partial charge is 0.465 e. The third-order valence-corrected chi connectivity index (χ3v) is 3.50. The van der Waals surface area contributed by atoms with Gasteiger partial charge in [0.2, 0.25) is 0 Å². The van der Waals surface area contributed by atoms with Crippen LogP contribution in [0.5, 0.6) is 0 Å². The van der Waals surface area contributed by atoms with Crippen molar-refractivity contribution in [3.8, 4) is 0 Å². The molecule has 7 heteroatoms. The minimum Gasteiger partial charge on any atom is -0.465 e. The number of hydrogen-bond donors (Lipinski definition) is 1. The van der Waals surface area contributed by atoms with Crippen LogP contribution in [0.15, 0.2) is 0 Å². The van der Waals surface area contributed by atoms with Gasteiger partial charge in [-0.1, -0.05) is 11.4 Å². The molecule has 0 fully saturated rings. The van der Waals surface area contributed by atoms with Crippen LogP contribution < -0.4 is 5.32 Å². The van der Waals surface area contributed by atoms with Crippen molar-refractivity contribution in [2.24, 2.45) is 0 Å². The summed E-state index contributed by atoms with van der Waals surface area (Å²) in [5.41, 5.74) is 0.915. The first-order valence-electron chi connectivity index (χ1n) is 5.56. The molecule has 0 saturated heterocycles. The van der Waals surface area contributed by atoms with Crippen molar-refractivity contribution >= 4 is 34.3 Å². The molecule has 17 heavy (non-hydrogen) atoms. The molecular formula is C10H17N3O2S2. The minimum absolute atomic E-state index is 0.177. The van der Waals surface area contributed by atoms with Crippen LogP contribution in [-0.2, 0) is 15.3 Å². The molecule has 1 N–H and O–H groups in total. The van der Waals surface area contributed by atoms with Crippen LogP contribution in [-0.4, -0.2) is 34.5 Å². The van der Waals surface area contributed by atoms with E-state index in [1.807, 2.05) is 0 Å². The van der Waals surface area contributed by atoms with Gasteiger partial charge < -0.3 is 10.1 Å². The normalized spacial score (nSPS) is 10.2. The van der Waals surface area contributed by atoms with Gasteiger partial charge >= 0.3 is 5.97 Å². The van der Waals surface area contributed by atoms with Crippen molar-refractivity contribution in [1.82, 2.24) is 9.59 Å². The van der Waals surface area contributed by atoms with Gasteiger partial charge in [0.25, 0.3) is 0 Å². The number of thioether (sulfide) groups is 1. The maximum atomic E-state index is 11.1. The number of carbonyl (C=O) groups excluding carboxylic acids is 1. The van der Waals surface area contributed by atoms with Crippen molar-refractivity contribution in [3.05, 3.63) is 5.69 Å². The van der Waals surface area contributed by atoms with E-state index < -0.39 is 0 Å². The fraction of sp³-hybridized carbons (Fsp3) is 0.700. The Morgan fingerprint density at radius 2 is 2.35 bits per heavy atom. The van der Waals surface area contributed by atoms with Crippen LogP contribution in [0.2, 0.25) is 0 Å². The third kappa shape index (κ3) is 5.36. The van der Waals surface area contributed by atoms with E-state index in [0.29, 0.717) is 18.1 Å². The van der Waals surface area contributed by atoms with E-state index in [-0.39, 0.29) is 5.97 Å². The molecule has 1 aromatic heterocycles. The average molecular weight is 275 g/mol. The molecule has 0 bridgehead atoms. The van der Waals surface area contributed by atoms with Crippen molar-refractivity contribution < 1.29 is 9.53 Å². The molecule has 0 aliphatic carbocycles. The van der Waals surface area contributed by atoms with Gasteiger partial charge in [0, 0.05) is 23.8 Å². The van der Waals surface area contributed by atoms with E-state index in [1.54, 1.807) is 6.92 Å². The van der Waals surface area contributed by atoms with Crippen LogP contribution >= 0.6 is 23.3 Å². The Kier molecular flexibility index (Phi) is 6.95. The molecule has 0 aliphatic rings. The molecule has 1 heterocycles. The smallest absolute Gasteiger partial charge is 0.315 e. The quantitative estimate of drug-likeness (QED) is 0.733. The Hall–Kier alpha value is -0.820. The molecule has 0 spiro atoms. The van der Waals surface area contributed by atoms with Crippen molar-refractivity contribution in [1.29, 1.82) is 0 Å². The van der Waals surface area contributed by atoms with Gasteiger partial charge in [0.05, 0.1) is 12.4 Å². The summed E-state index contributed by atoms with van der Waals surface area (Å²) >= 11 is 2.85. The topological polar surface area (TPSA) is 64.1 Å². The van der Waals surface area contributed by atoms with Crippen LogP contribution in [0.25, 0.3) is 0 Å². The predicted octanol–water partition coefficient (Wildman–Crippen LogP) is 2.16. The molecule has 0 aliphatic heterocycles. The summed E-state index contributed by atoms with van der Waals surface area (Å²) in [4.78, 5) is 11.1. The zero-order valence-electron chi connectivity index (χ0n) is 10.1. The lowest BCUT2D eigenvalue weighted by Gasteiger charge is -2.03. The Morgan fingerprint density at radius 1 is 1.53 bits per heavy atom. The van der Waals surface area contributed by atoms with Gasteiger partial charge in [0.1, 0.15) is 10.7 Å². The molecule has 0 unspecified atom stereocenters. The van der Waals surface area contributed by atoms with E-state index >= 15 is 0 Å². The minimum atomic E-state index is -0.177. The van der Waals surface area contributed by atoms with E-state index in [9.17, 15) is 4.79 Å². The Bertz CT molecular complexity index is 344. The number of rotatable bonds is 8. The van der Waals surface area contributed by atoms with Crippen LogP contribution in [0, 0.1) is 0 Å². The molecule has 5 nitrogen and oxygen atoms in total. The predicted molar refractivity (Wildman–Crippen MR) is 71.5 cm³/mol. The fourth-order valence-corrected chi connectivity index (χ4v) is 2.55. The highest BCUT2D eigenvalue weighted by Crippen LogP contribution is 2.22. The zero-order valence-corrected chi connectivity index (χ0v) is 11.7. The van der Waals surface area contributed by atoms with Crippen molar-refractivity contribution in [2.45, 2.75) is 26.0 Å². The summed E-state index contributed by atoms with van der Waals surface area (Å²) in [6.07, 6.45) is 1.06. The summed E-state index contributed by atoms with van der Waals surface area (Å²) < 4.78 is 8.76. The highest BCUT2D eigenvalue weighted by atomic mass is 32.2. The highest BCUT2D eigenvalue weighted by molar-refractivity contribution is 7.99. The zero-order chi connectivity index (χ0) is 12.5. The van der Waals surface area contributed by atoms with Crippen LogP contribution in [0.1, 0.15) is 26.0 Å². The Balaban J connectivity index is 2.31. The molecule has 0 saturated carbocycles. The van der Waals surface area contributed by atoms with E-state index in [1.165, 1.54) is 23.3 Å². The third-order valence-electron chi connectivity index (χ3n) is 1.86. The number of carbonyl (C=O) groups is 1. The van der Waals surface area contributed by atoms with E-state index in [2.05, 4.69) is 21.8 Å². The molecule has 0 atom stereocenters. The van der Waals surface area contributed by atoms with Gasteiger partial charge in [-0.15, -0.1) is 16.9 Å². The first-order chi connectivity index (χ1) is 8.27. The summed E-state index contributed by atoms with van der Waals surface area (Å²) in [6.45, 7) is 5.26. The molecular weight excluding hydrogens is 258 g/mol. The lowest BCUT2D eigenvalue weighted by atomic mass is 10.4. The first kappa shape index (κ1) is 14.2. The SMILES string of the molecule is CCCNc1snnc1CSCC(=O)OCC. The summed E-state index contributed by atoms with van der Waals surface area (Å²) in [6, 6.07) is 0. The van der Waals surface area contributed by atoms with Crippen molar-refractivity contribution in [3.63, 3.8) is 0 Å². The molecule has 1 rings (SSSR count). The molecule has 0 aromatic carbocycles. The lowest BCUT2D eigenvalue weighted by molar-refractivity contribution is -0.139. The fourth-order valence-electron chi connectivity index (χ4n) is 1.11. The monoisotopic (exact) mass is 275 g/mol. The number of aromatic nitrogens is 2. The average Bonchev–Trinajstić information content (AvgIpc) is 2.74. The lowest BCUT2D eigenvalue weighted by Crippen LogP contribution is -2.07. The molecule has 0 amide bonds. The Morgan fingerprint density at radius 3 is 3.06 bits per heavy atom. The number of ether oxygens (including phenoxy) is 1. The second kappa shape index (κ2) is 8.30. The Labute approximate surface area is 109 Å². The summed E-state index contributed by atoms with van der Waals surface area (Å²) in [5.74, 6) is 0.865. The molecule has 0 radical (unpaired) electrons. The maximum Gasteiger partial charge on any atom is 0.315 e. The van der Waals surface area contributed by atoms with E-state index in [4.69, 9.17) is 4.74 Å². The number of anilines is 1. The first-order valence-corrected chi connectivity index (χ1v) is 7.49. The number of hydrogen-bond acceptors (Lipinski definition) is 7. The number of esters is 1. The standard InChI is InChI=1S/C10H17N3O2S2/c1-3-5-11-10-8(12-13-17-10)6-16-7-9(14)15-4-2/h11H,3-7H2,1-2H3. The second-order valence-corrected chi connectivity index (χ2v) is 5.01. The van der Waals surface area contributed by atoms with Crippen molar-refractivity contribution in [2.75, 3.05) is 24.2 Å². The van der Waals surface area contributed by atoms with Gasteiger partial charge in [-0.2, -0.15) is 0 Å². The van der Waals surface area contributed by atoms with Crippen LogP contribution in [0.3, 0.4) is 0 Å². The molecule has 1 aromatic rings. The van der Waals surface area contributed by atoms with Gasteiger partial charge in [-0.3, -0.25) is 4.79 Å². The number of nitrogens with zero attached hydrogens (tertiary/aromatic N) is 2. The summed E-state index contributed by atoms with van der Waals surface area (Å²) in [5, 5.41) is 8.32. The number of nitrogens with one attached hydrogen (secondary N) is 1. The summed E-state index contributed by atoms with van der Waals surface area (Å²) in [7, 11) is 0. The van der Waals surface area contributed by atoms with E-state index in [0.717, 1.165) is 23.7 Å². The molecule has 96 valence electrons. The maximum absolute atomic E-state index is 11.1. The van der Waals surface area contributed by atoms with Crippen LogP contribution in [0.4, 0.5) is 5.00 Å². The van der Waals surface area contributed by atoms with Gasteiger partial charge in [-0.05, 0) is 13.3 Å². The van der Waals surface area contributed by atoms with Gasteiger partial charge in [-0.25, -0.2) is 0 Å². The second-order valence-electron chi connectivity index (χ2n) is 3.27.